The molecule has 1 atom stereocenters. The molecule has 1 rings (SSSR count). The van der Waals surface area contributed by atoms with Crippen molar-refractivity contribution < 1.29 is 13.2 Å². The van der Waals surface area contributed by atoms with E-state index in [-0.39, 0.29) is 5.92 Å². The lowest BCUT2D eigenvalue weighted by Gasteiger charge is -2.21. The topological polar surface area (TPSA) is 0 Å². The van der Waals surface area contributed by atoms with Crippen LogP contribution in [-0.2, 0) is 6.18 Å². The molecule has 0 fully saturated rings. The van der Waals surface area contributed by atoms with Crippen molar-refractivity contribution in [3.8, 4) is 0 Å². The van der Waals surface area contributed by atoms with E-state index in [1.54, 1.807) is 12.1 Å². The van der Waals surface area contributed by atoms with Gasteiger partial charge in [-0.3, -0.25) is 0 Å². The highest BCUT2D eigenvalue weighted by molar-refractivity contribution is 6.76. The molecule has 0 amide bonds. The van der Waals surface area contributed by atoms with Gasteiger partial charge in [-0.1, -0.05) is 37.8 Å². The summed E-state index contributed by atoms with van der Waals surface area (Å²) in [6.07, 6.45) is -4.26. The maximum atomic E-state index is 12.4. The van der Waals surface area contributed by atoms with Crippen molar-refractivity contribution in [3.63, 3.8) is 0 Å². The van der Waals surface area contributed by atoms with Crippen molar-refractivity contribution >= 4 is 8.07 Å². The normalized spacial score (nSPS) is 14.8. The van der Waals surface area contributed by atoms with Gasteiger partial charge in [0, 0.05) is 8.07 Å². The third-order valence-corrected chi connectivity index (χ3v) is 4.29. The molecule has 1 aromatic rings. The van der Waals surface area contributed by atoms with Crippen molar-refractivity contribution in [2.75, 3.05) is 0 Å². The van der Waals surface area contributed by atoms with Crippen LogP contribution in [0.15, 0.2) is 24.3 Å². The van der Waals surface area contributed by atoms with Gasteiger partial charge < -0.3 is 0 Å². The van der Waals surface area contributed by atoms with Crippen molar-refractivity contribution in [3.05, 3.63) is 42.3 Å². The van der Waals surface area contributed by atoms with Crippen molar-refractivity contribution in [1.82, 2.24) is 0 Å². The van der Waals surface area contributed by atoms with E-state index in [1.807, 2.05) is 0 Å². The quantitative estimate of drug-likeness (QED) is 0.673. The number of hydrogen-bond donors (Lipinski definition) is 0. The lowest BCUT2D eigenvalue weighted by molar-refractivity contribution is -0.137. The molecule has 0 aliphatic carbocycles. The minimum atomic E-state index is -4.26. The maximum absolute atomic E-state index is 12.4. The zero-order valence-electron chi connectivity index (χ0n) is 10.4. The molecule has 0 aromatic heterocycles. The minimum Gasteiger partial charge on any atom is -0.166 e. The Balaban J connectivity index is 2.81. The summed E-state index contributed by atoms with van der Waals surface area (Å²) in [4.78, 5) is 0. The van der Waals surface area contributed by atoms with E-state index in [2.05, 4.69) is 26.6 Å². The smallest absolute Gasteiger partial charge is 0.166 e. The number of hydrogen-bond acceptors (Lipinski definition) is 0. The number of halogens is 3. The molecule has 0 nitrogen and oxygen atoms in total. The van der Waals surface area contributed by atoms with Gasteiger partial charge in [-0.2, -0.15) is 13.2 Å². The molecule has 1 radical (unpaired) electrons. The summed E-state index contributed by atoms with van der Waals surface area (Å²) in [6, 6.07) is 6.34. The van der Waals surface area contributed by atoms with Crippen LogP contribution in [0.25, 0.3) is 0 Å². The first-order valence-electron chi connectivity index (χ1n) is 5.60. The fourth-order valence-corrected chi connectivity index (χ4v) is 3.52. The SMILES string of the molecule is [CH2]C(C[Si](C)(C)C)c1ccc(C(F)(F)F)cc1. The minimum absolute atomic E-state index is 0.0870. The first-order valence-corrected chi connectivity index (χ1v) is 9.30. The molecule has 17 heavy (non-hydrogen) atoms. The lowest BCUT2D eigenvalue weighted by atomic mass is 10.0. The molecule has 0 saturated carbocycles. The van der Waals surface area contributed by atoms with Crippen molar-refractivity contribution in [2.45, 2.75) is 37.8 Å². The van der Waals surface area contributed by atoms with Crippen molar-refractivity contribution in [1.29, 1.82) is 0 Å². The predicted molar refractivity (Wildman–Crippen MR) is 67.7 cm³/mol. The summed E-state index contributed by atoms with van der Waals surface area (Å²) < 4.78 is 37.1. The zero-order valence-corrected chi connectivity index (χ0v) is 11.4. The summed E-state index contributed by atoms with van der Waals surface area (Å²) in [7, 11) is -1.24. The van der Waals surface area contributed by atoms with E-state index < -0.39 is 19.8 Å². The van der Waals surface area contributed by atoms with Gasteiger partial charge in [-0.15, -0.1) is 0 Å². The summed E-state index contributed by atoms with van der Waals surface area (Å²) in [6.45, 7) is 10.7. The van der Waals surface area contributed by atoms with Crippen LogP contribution in [0.2, 0.25) is 25.7 Å². The Kier molecular flexibility index (Phi) is 4.07. The van der Waals surface area contributed by atoms with E-state index in [9.17, 15) is 13.2 Å². The van der Waals surface area contributed by atoms with E-state index in [4.69, 9.17) is 0 Å². The molecule has 0 N–H and O–H groups in total. The molecule has 1 aromatic carbocycles. The second-order valence-corrected chi connectivity index (χ2v) is 11.1. The van der Waals surface area contributed by atoms with Crippen LogP contribution >= 0.6 is 0 Å². The zero-order chi connectivity index (χ0) is 13.3. The van der Waals surface area contributed by atoms with Gasteiger partial charge in [0.25, 0.3) is 0 Å². The lowest BCUT2D eigenvalue weighted by Crippen LogP contribution is -2.22. The van der Waals surface area contributed by atoms with Gasteiger partial charge in [0.05, 0.1) is 5.56 Å². The number of rotatable bonds is 3. The van der Waals surface area contributed by atoms with Gasteiger partial charge >= 0.3 is 6.18 Å². The molecule has 0 heterocycles. The third kappa shape index (κ3) is 4.54. The highest BCUT2D eigenvalue weighted by atomic mass is 28.3. The van der Waals surface area contributed by atoms with Gasteiger partial charge in [0.1, 0.15) is 0 Å². The van der Waals surface area contributed by atoms with E-state index in [0.717, 1.165) is 23.7 Å². The Bertz CT molecular complexity index is 360. The first kappa shape index (κ1) is 14.3. The molecular weight excluding hydrogens is 241 g/mol. The summed E-state index contributed by atoms with van der Waals surface area (Å²) in [5.74, 6) is 0.0870. The van der Waals surface area contributed by atoms with Crippen LogP contribution < -0.4 is 0 Å². The summed E-state index contributed by atoms with van der Waals surface area (Å²) >= 11 is 0. The summed E-state index contributed by atoms with van der Waals surface area (Å²) in [5, 5.41) is 0. The largest absolute Gasteiger partial charge is 0.416 e. The molecule has 4 heteroatoms. The van der Waals surface area contributed by atoms with Gasteiger partial charge in [0.15, 0.2) is 0 Å². The molecule has 0 saturated heterocycles. The fourth-order valence-electron chi connectivity index (χ4n) is 1.80. The van der Waals surface area contributed by atoms with Crippen LogP contribution in [0.3, 0.4) is 0 Å². The van der Waals surface area contributed by atoms with Crippen LogP contribution in [0, 0.1) is 6.92 Å². The third-order valence-electron chi connectivity index (χ3n) is 2.57. The number of alkyl halides is 3. The fraction of sp³-hybridized carbons (Fsp3) is 0.462. The van der Waals surface area contributed by atoms with Gasteiger partial charge in [-0.25, -0.2) is 0 Å². The van der Waals surface area contributed by atoms with Crippen LogP contribution in [0.4, 0.5) is 13.2 Å². The Morgan fingerprint density at radius 1 is 1.12 bits per heavy atom. The predicted octanol–water partition coefficient (Wildman–Crippen LogP) is 4.96. The standard InChI is InChI=1S/C13H18F3Si/c1-10(9-17(2,3)4)11-5-7-12(8-6-11)13(14,15)16/h5-8,10H,1,9H2,2-4H3. The molecule has 0 spiro atoms. The molecular formula is C13H18F3Si. The van der Waals surface area contributed by atoms with Crippen LogP contribution in [0.5, 0.6) is 0 Å². The molecule has 0 bridgehead atoms. The molecule has 0 aliphatic heterocycles. The Morgan fingerprint density at radius 3 is 1.94 bits per heavy atom. The monoisotopic (exact) mass is 259 g/mol. The second kappa shape index (κ2) is 4.84. The van der Waals surface area contributed by atoms with Crippen LogP contribution in [0.1, 0.15) is 17.0 Å². The van der Waals surface area contributed by atoms with Crippen LogP contribution in [-0.4, -0.2) is 8.07 Å². The maximum Gasteiger partial charge on any atom is 0.416 e. The van der Waals surface area contributed by atoms with Gasteiger partial charge in [0.2, 0.25) is 0 Å². The molecule has 95 valence electrons. The van der Waals surface area contributed by atoms with Gasteiger partial charge in [-0.05, 0) is 30.5 Å². The molecule has 0 aliphatic rings. The Hall–Kier alpha value is -0.773. The molecule has 1 unspecified atom stereocenters. The average Bonchev–Trinajstić information content (AvgIpc) is 2.14. The first-order chi connectivity index (χ1) is 7.59. The van der Waals surface area contributed by atoms with E-state index in [1.165, 1.54) is 0 Å². The second-order valence-electron chi connectivity index (χ2n) is 5.58. The Morgan fingerprint density at radius 2 is 1.59 bits per heavy atom. The van der Waals surface area contributed by atoms with Crippen molar-refractivity contribution in [2.24, 2.45) is 0 Å². The number of benzene rings is 1. The van der Waals surface area contributed by atoms with E-state index in [0.29, 0.717) is 0 Å². The Labute approximate surface area is 102 Å². The average molecular weight is 259 g/mol. The summed E-state index contributed by atoms with van der Waals surface area (Å²) in [5.41, 5.74) is 0.293. The highest BCUT2D eigenvalue weighted by Gasteiger charge is 2.30. The highest BCUT2D eigenvalue weighted by Crippen LogP contribution is 2.31. The van der Waals surface area contributed by atoms with E-state index >= 15 is 0 Å².